The second kappa shape index (κ2) is 15.5. The number of esters is 2. The molecule has 0 atom stereocenters. The predicted molar refractivity (Wildman–Crippen MR) is 212 cm³/mol. The van der Waals surface area contributed by atoms with Crippen molar-refractivity contribution in [3.8, 4) is 5.75 Å². The molecule has 0 aromatic heterocycles. The average Bonchev–Trinajstić information content (AvgIpc) is 2.96. The van der Waals surface area contributed by atoms with Gasteiger partial charge < -0.3 is 19.7 Å². The Balaban J connectivity index is 2.22. The van der Waals surface area contributed by atoms with Crippen LogP contribution in [0.2, 0.25) is 0 Å². The maximum atomic E-state index is 15.1. The summed E-state index contributed by atoms with van der Waals surface area (Å²) in [6, 6.07) is 3.96. The molecule has 2 fully saturated rings. The summed E-state index contributed by atoms with van der Waals surface area (Å²) in [6.45, 7) is 30.0. The van der Waals surface area contributed by atoms with Crippen LogP contribution < -0.4 is 0 Å². The van der Waals surface area contributed by atoms with E-state index in [1.807, 2.05) is 12.1 Å². The first-order valence-electron chi connectivity index (χ1n) is 19.9. The topological polar surface area (TPSA) is 99.5 Å². The van der Waals surface area contributed by atoms with E-state index in [4.69, 9.17) is 9.47 Å². The molecule has 0 radical (unpaired) electrons. The Hall–Kier alpha value is -2.16. The zero-order chi connectivity index (χ0) is 39.9. The van der Waals surface area contributed by atoms with Gasteiger partial charge in [-0.3, -0.25) is 19.4 Å². The van der Waals surface area contributed by atoms with E-state index in [-0.39, 0.29) is 70.4 Å². The molecule has 1 aromatic rings. The number of benzene rings is 1. The molecule has 298 valence electrons. The number of phenols is 1. The van der Waals surface area contributed by atoms with Crippen LogP contribution in [0.3, 0.4) is 0 Å². The Morgan fingerprint density at radius 1 is 0.673 bits per heavy atom. The van der Waals surface area contributed by atoms with E-state index in [0.29, 0.717) is 38.5 Å². The highest BCUT2D eigenvalue weighted by atomic mass is 16.6. The number of carbonyl (C=O) groups excluding carboxylic acids is 2. The standard InChI is InChI=1S/C44H76N2O6/c1-38(2,3)33-23-30(24-34(35(33)48)39(4,5)6)25-44(21-19-17-18-20-22-47,36(49)51-31-26-40(7,8)45(15)41(9,10)27-31)37(50)52-32-28-42(11,12)46(16)43(13,14)29-32/h23-24,31-32,47-48H,17-22,25-29H2,1-16H3. The molecule has 0 bridgehead atoms. The number of unbranched alkanes of at least 4 members (excludes halogenated alkanes) is 3. The highest BCUT2D eigenvalue weighted by Gasteiger charge is 2.54. The van der Waals surface area contributed by atoms with Gasteiger partial charge in [0.15, 0.2) is 5.41 Å². The summed E-state index contributed by atoms with van der Waals surface area (Å²) in [6.07, 6.45) is 5.09. The highest BCUT2D eigenvalue weighted by Crippen LogP contribution is 2.45. The van der Waals surface area contributed by atoms with E-state index < -0.39 is 17.4 Å². The normalized spacial score (nSPS) is 21.6. The van der Waals surface area contributed by atoms with Crippen molar-refractivity contribution in [3.05, 3.63) is 28.8 Å². The van der Waals surface area contributed by atoms with Crippen molar-refractivity contribution < 1.29 is 29.3 Å². The van der Waals surface area contributed by atoms with Gasteiger partial charge in [0.25, 0.3) is 0 Å². The molecule has 0 aliphatic carbocycles. The van der Waals surface area contributed by atoms with Crippen LogP contribution in [0.25, 0.3) is 0 Å². The van der Waals surface area contributed by atoms with Gasteiger partial charge in [-0.1, -0.05) is 72.9 Å². The molecule has 8 nitrogen and oxygen atoms in total. The van der Waals surface area contributed by atoms with Crippen LogP contribution in [0.1, 0.15) is 171 Å². The lowest BCUT2D eigenvalue weighted by molar-refractivity contribution is -0.188. The number of piperidine rings is 2. The Morgan fingerprint density at radius 2 is 1.02 bits per heavy atom. The SMILES string of the molecule is CN1C(C)(C)CC(OC(=O)C(CCCCCCO)(Cc2cc(C(C)(C)C)c(O)c(C(C)(C)C)c2)C(=O)OC2CC(C)(C)N(C)C(C)(C)C2)CC1(C)C. The number of likely N-dealkylation sites (tertiary alicyclic amines) is 2. The summed E-state index contributed by atoms with van der Waals surface area (Å²) in [5.41, 5.74) is -0.859. The van der Waals surface area contributed by atoms with Crippen LogP contribution in [-0.2, 0) is 36.3 Å². The molecular weight excluding hydrogens is 652 g/mol. The lowest BCUT2D eigenvalue weighted by Crippen LogP contribution is -2.61. The van der Waals surface area contributed by atoms with E-state index in [1.165, 1.54) is 0 Å². The first-order valence-corrected chi connectivity index (χ1v) is 19.9. The van der Waals surface area contributed by atoms with Crippen LogP contribution in [0.15, 0.2) is 12.1 Å². The second-order valence-corrected chi connectivity index (χ2v) is 20.9. The molecule has 1 aromatic carbocycles. The summed E-state index contributed by atoms with van der Waals surface area (Å²) in [4.78, 5) is 35.0. The summed E-state index contributed by atoms with van der Waals surface area (Å²) in [7, 11) is 4.25. The first kappa shape index (κ1) is 44.2. The minimum atomic E-state index is -1.60. The van der Waals surface area contributed by atoms with Crippen LogP contribution in [-0.4, -0.2) is 87.0 Å². The molecule has 0 amide bonds. The lowest BCUT2D eigenvalue weighted by Gasteiger charge is -2.53. The number of aliphatic hydroxyl groups excluding tert-OH is 1. The molecule has 52 heavy (non-hydrogen) atoms. The molecule has 0 spiro atoms. The van der Waals surface area contributed by atoms with Crippen molar-refractivity contribution in [2.75, 3.05) is 20.7 Å². The van der Waals surface area contributed by atoms with Crippen molar-refractivity contribution in [1.29, 1.82) is 0 Å². The number of hydrogen-bond donors (Lipinski definition) is 2. The number of aliphatic hydroxyl groups is 1. The zero-order valence-electron chi connectivity index (χ0n) is 36.0. The Morgan fingerprint density at radius 3 is 1.35 bits per heavy atom. The number of carbonyl (C=O) groups is 2. The molecule has 2 aliphatic rings. The quantitative estimate of drug-likeness (QED) is 0.125. The van der Waals surface area contributed by atoms with Gasteiger partial charge in [0, 0.05) is 54.4 Å². The third-order valence-electron chi connectivity index (χ3n) is 12.7. The van der Waals surface area contributed by atoms with E-state index in [0.717, 1.165) is 29.5 Å². The number of rotatable bonds is 12. The van der Waals surface area contributed by atoms with Gasteiger partial charge in [-0.25, -0.2) is 0 Å². The third-order valence-corrected chi connectivity index (χ3v) is 12.7. The Kier molecular flexibility index (Phi) is 13.2. The van der Waals surface area contributed by atoms with Crippen LogP contribution in [0, 0.1) is 5.41 Å². The zero-order valence-corrected chi connectivity index (χ0v) is 36.0. The van der Waals surface area contributed by atoms with Gasteiger partial charge in [0.05, 0.1) is 0 Å². The summed E-state index contributed by atoms with van der Waals surface area (Å²) in [5, 5.41) is 21.1. The summed E-state index contributed by atoms with van der Waals surface area (Å²) >= 11 is 0. The molecule has 0 unspecified atom stereocenters. The average molecular weight is 729 g/mol. The predicted octanol–water partition coefficient (Wildman–Crippen LogP) is 8.85. The Labute approximate surface area is 317 Å². The van der Waals surface area contributed by atoms with Crippen molar-refractivity contribution in [1.82, 2.24) is 9.80 Å². The van der Waals surface area contributed by atoms with Gasteiger partial charge in [-0.15, -0.1) is 0 Å². The van der Waals surface area contributed by atoms with E-state index >= 15 is 9.59 Å². The molecule has 2 aliphatic heterocycles. The molecular formula is C44H76N2O6. The van der Waals surface area contributed by atoms with E-state index in [9.17, 15) is 10.2 Å². The number of ether oxygens (including phenoxy) is 2. The molecule has 8 heteroatoms. The molecule has 3 rings (SSSR count). The van der Waals surface area contributed by atoms with Gasteiger partial charge >= 0.3 is 11.9 Å². The molecule has 2 heterocycles. The number of nitrogens with zero attached hydrogens (tertiary/aromatic N) is 2. The van der Waals surface area contributed by atoms with Gasteiger partial charge in [-0.05, 0) is 116 Å². The van der Waals surface area contributed by atoms with Crippen LogP contribution in [0.5, 0.6) is 5.75 Å². The fourth-order valence-corrected chi connectivity index (χ4v) is 8.95. The van der Waals surface area contributed by atoms with E-state index in [1.54, 1.807) is 0 Å². The Bertz CT molecular complexity index is 1290. The first-order chi connectivity index (χ1) is 23.5. The van der Waals surface area contributed by atoms with Gasteiger partial charge in [-0.2, -0.15) is 0 Å². The van der Waals surface area contributed by atoms with Crippen molar-refractivity contribution in [2.45, 2.75) is 206 Å². The lowest BCUT2D eigenvalue weighted by atomic mass is 9.73. The number of hydrogen-bond acceptors (Lipinski definition) is 8. The number of phenolic OH excluding ortho intramolecular Hbond substituents is 1. The van der Waals surface area contributed by atoms with Gasteiger partial charge in [0.1, 0.15) is 18.0 Å². The summed E-state index contributed by atoms with van der Waals surface area (Å²) < 4.78 is 13.2. The monoisotopic (exact) mass is 729 g/mol. The van der Waals surface area contributed by atoms with Gasteiger partial charge in [0.2, 0.25) is 0 Å². The summed E-state index contributed by atoms with van der Waals surface area (Å²) in [5.74, 6) is -0.778. The second-order valence-electron chi connectivity index (χ2n) is 20.9. The smallest absolute Gasteiger partial charge is 0.324 e. The minimum Gasteiger partial charge on any atom is -0.507 e. The van der Waals surface area contributed by atoms with Crippen molar-refractivity contribution >= 4 is 11.9 Å². The van der Waals surface area contributed by atoms with Crippen LogP contribution in [0.4, 0.5) is 0 Å². The minimum absolute atomic E-state index is 0.107. The largest absolute Gasteiger partial charge is 0.507 e. The maximum absolute atomic E-state index is 15.1. The van der Waals surface area contributed by atoms with Crippen molar-refractivity contribution in [3.63, 3.8) is 0 Å². The van der Waals surface area contributed by atoms with Crippen LogP contribution >= 0.6 is 0 Å². The number of aromatic hydroxyl groups is 1. The van der Waals surface area contributed by atoms with E-state index in [2.05, 4.69) is 121 Å². The third kappa shape index (κ3) is 9.92. The van der Waals surface area contributed by atoms with Crippen molar-refractivity contribution in [2.24, 2.45) is 5.41 Å². The fraction of sp³-hybridized carbons (Fsp3) is 0.818. The fourth-order valence-electron chi connectivity index (χ4n) is 8.95. The molecule has 0 saturated carbocycles. The molecule has 2 N–H and O–H groups in total. The maximum Gasteiger partial charge on any atom is 0.324 e. The molecule has 2 saturated heterocycles. The highest BCUT2D eigenvalue weighted by molar-refractivity contribution is 6.00.